The Hall–Kier alpha value is -3.92. The number of aryl methyl sites for hydroxylation is 1. The van der Waals surface area contributed by atoms with Crippen molar-refractivity contribution in [3.05, 3.63) is 63.2 Å². The summed E-state index contributed by atoms with van der Waals surface area (Å²) in [6.45, 7) is 1.12. The lowest BCUT2D eigenvalue weighted by molar-refractivity contribution is -0.140. The summed E-state index contributed by atoms with van der Waals surface area (Å²) in [7, 11) is 1.32. The molecule has 0 radical (unpaired) electrons. The number of hydrogen-bond donors (Lipinski definition) is 0. The van der Waals surface area contributed by atoms with Gasteiger partial charge in [-0.1, -0.05) is 23.5 Å². The molecule has 0 bridgehead atoms. The second-order valence-electron chi connectivity index (χ2n) is 7.21. The summed E-state index contributed by atoms with van der Waals surface area (Å²) < 4.78 is 24.3. The van der Waals surface area contributed by atoms with E-state index in [1.807, 2.05) is 6.07 Å². The molecule has 0 N–H and O–H groups in total. The van der Waals surface area contributed by atoms with E-state index in [-0.39, 0.29) is 24.2 Å². The Morgan fingerprint density at radius 3 is 2.67 bits per heavy atom. The lowest BCUT2D eigenvalue weighted by Gasteiger charge is -2.18. The van der Waals surface area contributed by atoms with Gasteiger partial charge in [-0.2, -0.15) is 4.99 Å². The SMILES string of the molecule is COC(=O)CCn1c(=NC(=O)c2cc(=O)c3ccccc3o2)sc2cc3c(cc21)OCCO3. The van der Waals surface area contributed by atoms with Gasteiger partial charge in [0.1, 0.15) is 18.8 Å². The minimum Gasteiger partial charge on any atom is -0.486 e. The highest BCUT2D eigenvalue weighted by Gasteiger charge is 2.18. The van der Waals surface area contributed by atoms with Crippen LogP contribution in [0.2, 0.25) is 0 Å². The van der Waals surface area contributed by atoms with Gasteiger partial charge < -0.3 is 23.2 Å². The van der Waals surface area contributed by atoms with Crippen LogP contribution >= 0.6 is 11.3 Å². The summed E-state index contributed by atoms with van der Waals surface area (Å²) in [5.41, 5.74) is 0.715. The number of nitrogens with zero attached hydrogens (tertiary/aromatic N) is 2. The number of methoxy groups -OCH3 is 1. The number of carbonyl (C=O) groups excluding carboxylic acids is 2. The zero-order valence-corrected chi connectivity index (χ0v) is 18.3. The second kappa shape index (κ2) is 8.55. The third-order valence-electron chi connectivity index (χ3n) is 5.16. The van der Waals surface area contributed by atoms with Crippen LogP contribution in [0.15, 0.2) is 56.7 Å². The summed E-state index contributed by atoms with van der Waals surface area (Å²) in [5, 5.41) is 0.384. The van der Waals surface area contributed by atoms with Gasteiger partial charge in [0, 0.05) is 24.7 Å². The van der Waals surface area contributed by atoms with E-state index < -0.39 is 11.9 Å². The smallest absolute Gasteiger partial charge is 0.315 e. The Morgan fingerprint density at radius 2 is 1.88 bits per heavy atom. The molecule has 0 fully saturated rings. The molecule has 0 atom stereocenters. The molecule has 10 heteroatoms. The molecule has 168 valence electrons. The summed E-state index contributed by atoms with van der Waals surface area (Å²) in [6.07, 6.45) is 0.0865. The van der Waals surface area contributed by atoms with Crippen molar-refractivity contribution in [2.45, 2.75) is 13.0 Å². The van der Waals surface area contributed by atoms with Gasteiger partial charge in [-0.15, -0.1) is 0 Å². The highest BCUT2D eigenvalue weighted by molar-refractivity contribution is 7.16. The number of amides is 1. The summed E-state index contributed by atoms with van der Waals surface area (Å²) in [5.74, 6) is -0.0717. The molecule has 2 aromatic carbocycles. The first kappa shape index (κ1) is 21.0. The quantitative estimate of drug-likeness (QED) is 0.426. The maximum atomic E-state index is 12.9. The molecule has 0 saturated carbocycles. The van der Waals surface area contributed by atoms with Gasteiger partial charge in [-0.25, -0.2) is 0 Å². The fourth-order valence-electron chi connectivity index (χ4n) is 3.56. The molecule has 5 rings (SSSR count). The zero-order chi connectivity index (χ0) is 22.9. The zero-order valence-electron chi connectivity index (χ0n) is 17.5. The number of thiazole rings is 1. The molecule has 9 nitrogen and oxygen atoms in total. The topological polar surface area (TPSA) is 109 Å². The monoisotopic (exact) mass is 466 g/mol. The number of aromatic nitrogens is 1. The van der Waals surface area contributed by atoms with Crippen LogP contribution in [0.4, 0.5) is 0 Å². The Bertz CT molecular complexity index is 1530. The van der Waals surface area contributed by atoms with Crippen molar-refractivity contribution in [2.24, 2.45) is 4.99 Å². The Morgan fingerprint density at radius 1 is 1.12 bits per heavy atom. The van der Waals surface area contributed by atoms with E-state index in [0.717, 1.165) is 16.3 Å². The number of esters is 1. The second-order valence-corrected chi connectivity index (χ2v) is 8.22. The molecule has 1 aliphatic rings. The third kappa shape index (κ3) is 4.00. The van der Waals surface area contributed by atoms with Gasteiger partial charge >= 0.3 is 11.9 Å². The van der Waals surface area contributed by atoms with Crippen molar-refractivity contribution in [3.8, 4) is 11.5 Å². The van der Waals surface area contributed by atoms with Crippen molar-refractivity contribution in [1.29, 1.82) is 0 Å². The molecule has 0 saturated heterocycles. The normalized spacial score (nSPS) is 13.4. The Labute approximate surface area is 190 Å². The van der Waals surface area contributed by atoms with E-state index in [0.29, 0.717) is 40.5 Å². The van der Waals surface area contributed by atoms with Crippen LogP contribution in [0.25, 0.3) is 21.2 Å². The highest BCUT2D eigenvalue weighted by Crippen LogP contribution is 2.35. The Balaban J connectivity index is 1.63. The highest BCUT2D eigenvalue weighted by atomic mass is 32.1. The van der Waals surface area contributed by atoms with Gasteiger partial charge in [0.2, 0.25) is 0 Å². The average molecular weight is 466 g/mol. The number of ether oxygens (including phenoxy) is 3. The van der Waals surface area contributed by atoms with Gasteiger partial charge in [-0.05, 0) is 12.1 Å². The van der Waals surface area contributed by atoms with E-state index in [1.165, 1.54) is 18.4 Å². The van der Waals surface area contributed by atoms with Crippen LogP contribution in [-0.4, -0.2) is 36.8 Å². The molecule has 1 amide bonds. The Kier molecular flexibility index (Phi) is 5.43. The van der Waals surface area contributed by atoms with Crippen molar-refractivity contribution in [3.63, 3.8) is 0 Å². The lowest BCUT2D eigenvalue weighted by atomic mass is 10.2. The average Bonchev–Trinajstić information content (AvgIpc) is 3.16. The fourth-order valence-corrected chi connectivity index (χ4v) is 4.63. The van der Waals surface area contributed by atoms with E-state index in [2.05, 4.69) is 4.99 Å². The van der Waals surface area contributed by atoms with Crippen LogP contribution < -0.4 is 19.7 Å². The van der Waals surface area contributed by atoms with Gasteiger partial charge in [0.05, 0.1) is 29.1 Å². The van der Waals surface area contributed by atoms with Crippen LogP contribution in [0.1, 0.15) is 17.0 Å². The molecule has 33 heavy (non-hydrogen) atoms. The van der Waals surface area contributed by atoms with Crippen molar-refractivity contribution in [1.82, 2.24) is 4.57 Å². The molecule has 1 aliphatic heterocycles. The van der Waals surface area contributed by atoms with E-state index in [4.69, 9.17) is 18.6 Å². The summed E-state index contributed by atoms with van der Waals surface area (Å²) in [6, 6.07) is 11.5. The predicted octanol–water partition coefficient (Wildman–Crippen LogP) is 2.88. The van der Waals surface area contributed by atoms with Crippen molar-refractivity contribution < 1.29 is 28.2 Å². The standard InChI is InChI=1S/C23H18N2O7S/c1-29-21(27)6-7-25-14-10-17-18(31-9-8-30-17)12-20(14)33-23(25)24-22(28)19-11-15(26)13-4-2-3-5-16(13)32-19/h2-5,10-12H,6-9H2,1H3. The fraction of sp³-hybridized carbons (Fsp3) is 0.217. The molecule has 0 unspecified atom stereocenters. The molecule has 0 spiro atoms. The minimum absolute atomic E-state index is 0.0865. The molecular formula is C23H18N2O7S. The predicted molar refractivity (Wildman–Crippen MR) is 120 cm³/mol. The number of benzene rings is 2. The first-order chi connectivity index (χ1) is 16.0. The number of fused-ring (bicyclic) bond motifs is 3. The van der Waals surface area contributed by atoms with Crippen LogP contribution in [-0.2, 0) is 16.1 Å². The van der Waals surface area contributed by atoms with Gasteiger partial charge in [-0.3, -0.25) is 14.4 Å². The van der Waals surface area contributed by atoms with Gasteiger partial charge in [0.15, 0.2) is 27.5 Å². The maximum absolute atomic E-state index is 12.9. The number of para-hydroxylation sites is 1. The third-order valence-corrected chi connectivity index (χ3v) is 6.20. The van der Waals surface area contributed by atoms with Crippen LogP contribution in [0.5, 0.6) is 11.5 Å². The minimum atomic E-state index is -0.700. The maximum Gasteiger partial charge on any atom is 0.315 e. The first-order valence-corrected chi connectivity index (χ1v) is 11.0. The molecule has 2 aromatic heterocycles. The van der Waals surface area contributed by atoms with E-state index >= 15 is 0 Å². The van der Waals surface area contributed by atoms with Crippen molar-refractivity contribution >= 4 is 44.4 Å². The molecule has 4 aromatic rings. The molecular weight excluding hydrogens is 448 g/mol. The van der Waals surface area contributed by atoms with Crippen LogP contribution in [0, 0.1) is 0 Å². The number of carbonyl (C=O) groups is 2. The largest absolute Gasteiger partial charge is 0.486 e. The summed E-state index contributed by atoms with van der Waals surface area (Å²) >= 11 is 1.25. The first-order valence-electron chi connectivity index (χ1n) is 10.2. The molecule has 0 aliphatic carbocycles. The van der Waals surface area contributed by atoms with Crippen LogP contribution in [0.3, 0.4) is 0 Å². The van der Waals surface area contributed by atoms with Crippen molar-refractivity contribution in [2.75, 3.05) is 20.3 Å². The lowest BCUT2D eigenvalue weighted by Crippen LogP contribution is -2.20. The summed E-state index contributed by atoms with van der Waals surface area (Å²) in [4.78, 5) is 41.7. The number of hydrogen-bond acceptors (Lipinski definition) is 8. The van der Waals surface area contributed by atoms with Gasteiger partial charge in [0.25, 0.3) is 0 Å². The molecule has 3 heterocycles. The number of rotatable bonds is 4. The van der Waals surface area contributed by atoms with E-state index in [9.17, 15) is 14.4 Å². The van der Waals surface area contributed by atoms with E-state index in [1.54, 1.807) is 34.9 Å².